The van der Waals surface area contributed by atoms with E-state index in [9.17, 15) is 30.7 Å². The lowest BCUT2D eigenvalue weighted by molar-refractivity contribution is -0.193. The zero-order valence-electron chi connectivity index (χ0n) is 18.7. The Morgan fingerprint density at radius 2 is 1.57 bits per heavy atom. The van der Waals surface area contributed by atoms with Gasteiger partial charge in [0.05, 0.1) is 17.6 Å². The van der Waals surface area contributed by atoms with E-state index in [1.807, 2.05) is 0 Å². The van der Waals surface area contributed by atoms with Crippen molar-refractivity contribution in [3.8, 4) is 0 Å². The summed E-state index contributed by atoms with van der Waals surface area (Å²) < 4.78 is 76.6. The predicted molar refractivity (Wildman–Crippen MR) is 111 cm³/mol. The predicted octanol–water partition coefficient (Wildman–Crippen LogP) is 5.37. The molecule has 35 heavy (non-hydrogen) atoms. The monoisotopic (exact) mass is 517 g/mol. The van der Waals surface area contributed by atoms with Crippen LogP contribution in [-0.4, -0.2) is 63.0 Å². The number of carboxylic acids is 2. The molecule has 198 valence electrons. The first-order valence-electron chi connectivity index (χ1n) is 10.5. The second kappa shape index (κ2) is 13.3. The van der Waals surface area contributed by atoms with Gasteiger partial charge in [-0.15, -0.1) is 0 Å². The molecule has 0 unspecified atom stereocenters. The summed E-state index contributed by atoms with van der Waals surface area (Å²) in [5.41, 5.74) is 1.62. The molecular formula is C21H26F7N3O4. The van der Waals surface area contributed by atoms with Gasteiger partial charge in [0.2, 0.25) is 0 Å². The molecule has 1 aliphatic rings. The highest BCUT2D eigenvalue weighted by molar-refractivity contribution is 5.75. The van der Waals surface area contributed by atoms with E-state index in [0.717, 1.165) is 35.9 Å². The molecule has 14 heteroatoms. The lowest BCUT2D eigenvalue weighted by atomic mass is 10.0. The van der Waals surface area contributed by atoms with Crippen LogP contribution in [0.5, 0.6) is 0 Å². The van der Waals surface area contributed by atoms with E-state index < -0.39 is 24.3 Å². The molecule has 0 aliphatic heterocycles. The van der Waals surface area contributed by atoms with Gasteiger partial charge >= 0.3 is 24.3 Å². The first kappa shape index (κ1) is 30.1. The molecule has 3 N–H and O–H groups in total. The van der Waals surface area contributed by atoms with Crippen molar-refractivity contribution in [3.05, 3.63) is 29.8 Å². The summed E-state index contributed by atoms with van der Waals surface area (Å²) in [6, 6.07) is 4.69. The number of H-pyrrole nitrogens is 1. The number of imidazole rings is 1. The standard InChI is InChI=1S/C17H24FN3.2C2HF3O2/c1-21(10-4-7-13-5-2-3-6-13)12-17-19-15-9-8-14(18)11-16(15)20-17;2*3-2(4,5)1(6)7/h8-9,11,13H,2-7,10,12H2,1H3,(H,19,20);2*(H,6,7). The van der Waals surface area contributed by atoms with E-state index >= 15 is 0 Å². The summed E-state index contributed by atoms with van der Waals surface area (Å²) in [5, 5.41) is 14.2. The third-order valence-electron chi connectivity index (χ3n) is 5.02. The Morgan fingerprint density at radius 1 is 1.06 bits per heavy atom. The zero-order valence-corrected chi connectivity index (χ0v) is 18.7. The van der Waals surface area contributed by atoms with Gasteiger partial charge in [0, 0.05) is 0 Å². The molecule has 2 aromatic rings. The Morgan fingerprint density at radius 3 is 2.06 bits per heavy atom. The summed E-state index contributed by atoms with van der Waals surface area (Å²) in [6.45, 7) is 1.89. The van der Waals surface area contributed by atoms with E-state index in [-0.39, 0.29) is 5.82 Å². The number of rotatable bonds is 6. The highest BCUT2D eigenvalue weighted by Crippen LogP contribution is 2.28. The fourth-order valence-corrected chi connectivity index (χ4v) is 3.39. The lowest BCUT2D eigenvalue weighted by Crippen LogP contribution is -2.21. The van der Waals surface area contributed by atoms with Gasteiger partial charge in [0.1, 0.15) is 11.6 Å². The summed E-state index contributed by atoms with van der Waals surface area (Å²) in [5.74, 6) is -3.85. The van der Waals surface area contributed by atoms with Crippen LogP contribution in [0, 0.1) is 11.7 Å². The summed E-state index contributed by atoms with van der Waals surface area (Å²) >= 11 is 0. The average Bonchev–Trinajstić information content (AvgIpc) is 3.36. The molecule has 1 aromatic heterocycles. The highest BCUT2D eigenvalue weighted by Gasteiger charge is 2.38. The number of carbonyl (C=O) groups is 2. The van der Waals surface area contributed by atoms with Crippen LogP contribution in [0.4, 0.5) is 30.7 Å². The number of fused-ring (bicyclic) bond motifs is 1. The van der Waals surface area contributed by atoms with Gasteiger partial charge in [0.25, 0.3) is 0 Å². The molecule has 1 fully saturated rings. The van der Waals surface area contributed by atoms with Crippen LogP contribution < -0.4 is 0 Å². The van der Waals surface area contributed by atoms with E-state index in [1.54, 1.807) is 6.07 Å². The van der Waals surface area contributed by atoms with Gasteiger partial charge in [-0.3, -0.25) is 4.90 Å². The SMILES string of the molecule is CN(CCCC1CCCC1)Cc1nc2ccc(F)cc2[nH]1.O=C(O)C(F)(F)F.O=C(O)C(F)(F)F. The van der Waals surface area contributed by atoms with Crippen LogP contribution in [0.3, 0.4) is 0 Å². The fourth-order valence-electron chi connectivity index (χ4n) is 3.39. The number of aromatic amines is 1. The third-order valence-corrected chi connectivity index (χ3v) is 5.02. The maximum absolute atomic E-state index is 13.2. The minimum Gasteiger partial charge on any atom is -0.475 e. The van der Waals surface area contributed by atoms with Gasteiger partial charge in [-0.1, -0.05) is 25.7 Å². The van der Waals surface area contributed by atoms with Gasteiger partial charge in [-0.25, -0.2) is 19.0 Å². The van der Waals surface area contributed by atoms with Crippen molar-refractivity contribution >= 4 is 23.0 Å². The number of hydrogen-bond acceptors (Lipinski definition) is 4. The minimum atomic E-state index is -5.08. The van der Waals surface area contributed by atoms with Crippen molar-refractivity contribution < 1.29 is 50.5 Å². The van der Waals surface area contributed by atoms with Crippen molar-refractivity contribution in [2.24, 2.45) is 5.92 Å². The van der Waals surface area contributed by atoms with E-state index in [0.29, 0.717) is 0 Å². The summed E-state index contributed by atoms with van der Waals surface area (Å²) in [6.07, 6.45) is -1.84. The molecule has 0 amide bonds. The second-order valence-electron chi connectivity index (χ2n) is 7.98. The van der Waals surface area contributed by atoms with E-state index in [1.165, 1.54) is 50.7 Å². The van der Waals surface area contributed by atoms with Crippen LogP contribution in [0.1, 0.15) is 44.3 Å². The second-order valence-corrected chi connectivity index (χ2v) is 7.98. The van der Waals surface area contributed by atoms with Crippen LogP contribution >= 0.6 is 0 Å². The van der Waals surface area contributed by atoms with Crippen LogP contribution in [0.2, 0.25) is 0 Å². The van der Waals surface area contributed by atoms with Crippen LogP contribution in [0.25, 0.3) is 11.0 Å². The number of carboxylic acid groups (broad SMARTS) is 2. The van der Waals surface area contributed by atoms with E-state index in [2.05, 4.69) is 21.9 Å². The summed E-state index contributed by atoms with van der Waals surface area (Å²) in [4.78, 5) is 27.8. The number of nitrogens with zero attached hydrogens (tertiary/aromatic N) is 2. The largest absolute Gasteiger partial charge is 0.490 e. The average molecular weight is 517 g/mol. The number of halogens is 7. The molecule has 1 saturated carbocycles. The van der Waals surface area contributed by atoms with Crippen LogP contribution in [0.15, 0.2) is 18.2 Å². The molecule has 0 spiro atoms. The van der Waals surface area contributed by atoms with Crippen LogP contribution in [-0.2, 0) is 16.1 Å². The van der Waals surface area contributed by atoms with Crippen molar-refractivity contribution in [1.29, 1.82) is 0 Å². The highest BCUT2D eigenvalue weighted by atomic mass is 19.4. The number of aliphatic carboxylic acids is 2. The number of hydrogen-bond donors (Lipinski definition) is 3. The molecule has 1 heterocycles. The molecule has 1 aromatic carbocycles. The smallest absolute Gasteiger partial charge is 0.475 e. The Hall–Kier alpha value is -2.90. The molecule has 1 aliphatic carbocycles. The molecule has 3 rings (SSSR count). The Kier molecular flexibility index (Phi) is 11.4. The molecule has 7 nitrogen and oxygen atoms in total. The van der Waals surface area contributed by atoms with Crippen molar-refractivity contribution in [2.75, 3.05) is 13.6 Å². The number of benzene rings is 1. The van der Waals surface area contributed by atoms with Gasteiger partial charge in [-0.2, -0.15) is 26.3 Å². The molecule has 0 saturated heterocycles. The zero-order chi connectivity index (χ0) is 26.8. The third kappa shape index (κ3) is 11.9. The van der Waals surface area contributed by atoms with Crippen molar-refractivity contribution in [3.63, 3.8) is 0 Å². The Bertz CT molecular complexity index is 931. The number of alkyl halides is 6. The Labute approximate surface area is 195 Å². The molecule has 0 radical (unpaired) electrons. The van der Waals surface area contributed by atoms with Gasteiger partial charge in [0.15, 0.2) is 0 Å². The molecule has 0 bridgehead atoms. The lowest BCUT2D eigenvalue weighted by Gasteiger charge is -2.16. The quantitative estimate of drug-likeness (QED) is 0.445. The number of nitrogens with one attached hydrogen (secondary N) is 1. The normalized spacial score (nSPS) is 14.3. The molecular weight excluding hydrogens is 491 g/mol. The Balaban J connectivity index is 0.000000362. The summed E-state index contributed by atoms with van der Waals surface area (Å²) in [7, 11) is 2.13. The van der Waals surface area contributed by atoms with Crippen molar-refractivity contribution in [2.45, 2.75) is 57.4 Å². The van der Waals surface area contributed by atoms with Gasteiger partial charge < -0.3 is 15.2 Å². The first-order chi connectivity index (χ1) is 16.1. The minimum absolute atomic E-state index is 0.220. The van der Waals surface area contributed by atoms with E-state index in [4.69, 9.17) is 19.8 Å². The fraction of sp³-hybridized carbons (Fsp3) is 0.571. The maximum Gasteiger partial charge on any atom is 0.490 e. The molecule has 0 atom stereocenters. The topological polar surface area (TPSA) is 107 Å². The number of aromatic nitrogens is 2. The first-order valence-corrected chi connectivity index (χ1v) is 10.5. The van der Waals surface area contributed by atoms with Crippen molar-refractivity contribution in [1.82, 2.24) is 14.9 Å². The maximum atomic E-state index is 13.2. The van der Waals surface area contributed by atoms with Gasteiger partial charge in [-0.05, 0) is 50.6 Å².